The van der Waals surface area contributed by atoms with E-state index in [1.807, 2.05) is 0 Å². The molecule has 2 heteroatoms. The Kier molecular flexibility index (Phi) is 16.7. The molecule has 0 aliphatic rings. The maximum Gasteiger partial charge on any atom is 0.243 e. The van der Waals surface area contributed by atoms with Crippen LogP contribution in [0.25, 0.3) is 0 Å². The smallest absolute Gasteiger partial charge is 0.237 e. The quantitative estimate of drug-likeness (QED) is 0.162. The maximum absolute atomic E-state index is 2.38. The van der Waals surface area contributed by atoms with Crippen molar-refractivity contribution in [3.05, 3.63) is 18.7 Å². The molecule has 0 aliphatic carbocycles. The van der Waals surface area contributed by atoms with Gasteiger partial charge in [-0.1, -0.05) is 104 Å². The van der Waals surface area contributed by atoms with Crippen molar-refractivity contribution in [1.82, 2.24) is 4.57 Å². The fourth-order valence-corrected chi connectivity index (χ4v) is 3.91. The van der Waals surface area contributed by atoms with Crippen LogP contribution in [0, 0.1) is 0 Å². The van der Waals surface area contributed by atoms with Gasteiger partial charge in [-0.25, -0.2) is 9.13 Å². The van der Waals surface area contributed by atoms with E-state index in [-0.39, 0.29) is 0 Å². The zero-order chi connectivity index (χ0) is 19.4. The third kappa shape index (κ3) is 14.9. The van der Waals surface area contributed by atoms with Gasteiger partial charge in [0.15, 0.2) is 0 Å². The van der Waals surface area contributed by atoms with Gasteiger partial charge < -0.3 is 0 Å². The Morgan fingerprint density at radius 2 is 1.00 bits per heavy atom. The lowest BCUT2D eigenvalue weighted by atomic mass is 10.1. The normalized spacial score (nSPS) is 11.3. The van der Waals surface area contributed by atoms with Crippen LogP contribution in [0.2, 0.25) is 0 Å². The Hall–Kier alpha value is -0.790. The van der Waals surface area contributed by atoms with Gasteiger partial charge in [0.1, 0.15) is 12.4 Å². The van der Waals surface area contributed by atoms with Crippen molar-refractivity contribution in [3.8, 4) is 0 Å². The Morgan fingerprint density at radius 3 is 1.52 bits per heavy atom. The molecule has 0 bridgehead atoms. The van der Waals surface area contributed by atoms with E-state index < -0.39 is 0 Å². The summed E-state index contributed by atoms with van der Waals surface area (Å²) in [5, 5.41) is 0. The molecule has 0 atom stereocenters. The van der Waals surface area contributed by atoms with Gasteiger partial charge in [0.2, 0.25) is 6.33 Å². The molecule has 0 spiro atoms. The highest BCUT2D eigenvalue weighted by molar-refractivity contribution is 4.66. The molecule has 0 aromatic carbocycles. The number of hydrogen-bond donors (Lipinski definition) is 0. The Balaban J connectivity index is 1.90. The topological polar surface area (TPSA) is 8.81 Å². The van der Waals surface area contributed by atoms with Crippen LogP contribution in [0.5, 0.6) is 0 Å². The first-order valence-electron chi connectivity index (χ1n) is 12.4. The number of rotatable bonds is 20. The summed E-state index contributed by atoms with van der Waals surface area (Å²) in [5.41, 5.74) is 0. The number of nitrogens with zero attached hydrogens (tertiary/aromatic N) is 2. The van der Waals surface area contributed by atoms with Crippen LogP contribution >= 0.6 is 0 Å². The molecule has 0 amide bonds. The van der Waals surface area contributed by atoms with Crippen molar-refractivity contribution in [2.24, 2.45) is 0 Å². The van der Waals surface area contributed by atoms with E-state index in [9.17, 15) is 0 Å². The summed E-state index contributed by atoms with van der Waals surface area (Å²) in [6.45, 7) is 6.98. The van der Waals surface area contributed by atoms with Crippen LogP contribution in [0.15, 0.2) is 18.7 Å². The van der Waals surface area contributed by atoms with Crippen LogP contribution < -0.4 is 4.57 Å². The highest BCUT2D eigenvalue weighted by atomic mass is 15.1. The average Bonchev–Trinajstić information content (AvgIpc) is 3.13. The molecule has 27 heavy (non-hydrogen) atoms. The molecule has 2 nitrogen and oxygen atoms in total. The summed E-state index contributed by atoms with van der Waals surface area (Å²) < 4.78 is 4.77. The monoisotopic (exact) mass is 377 g/mol. The lowest BCUT2D eigenvalue weighted by molar-refractivity contribution is -0.696. The molecule has 0 fully saturated rings. The minimum absolute atomic E-state index is 1.20. The van der Waals surface area contributed by atoms with Crippen LogP contribution in [0.3, 0.4) is 0 Å². The van der Waals surface area contributed by atoms with Crippen molar-refractivity contribution < 1.29 is 4.57 Å². The Bertz CT molecular complexity index is 374. The van der Waals surface area contributed by atoms with Crippen LogP contribution in [-0.2, 0) is 13.1 Å². The van der Waals surface area contributed by atoms with Gasteiger partial charge in [0.25, 0.3) is 0 Å². The maximum atomic E-state index is 2.38. The van der Waals surface area contributed by atoms with Crippen molar-refractivity contribution in [3.63, 3.8) is 0 Å². The SMILES string of the molecule is CCCCCCCCCCCn1cc[n+](CCCCCCCCCCC)c1. The first-order chi connectivity index (χ1) is 13.4. The minimum Gasteiger partial charge on any atom is -0.237 e. The number of imidazole rings is 1. The van der Waals surface area contributed by atoms with Crippen LogP contribution in [0.4, 0.5) is 0 Å². The summed E-state index contributed by atoms with van der Waals surface area (Å²) >= 11 is 0. The molecule has 0 saturated carbocycles. The second kappa shape index (κ2) is 18.6. The molecular weight excluding hydrogens is 328 g/mol. The van der Waals surface area contributed by atoms with Gasteiger partial charge in [0, 0.05) is 0 Å². The molecule has 0 N–H and O–H groups in total. The molecule has 1 heterocycles. The van der Waals surface area contributed by atoms with E-state index >= 15 is 0 Å². The van der Waals surface area contributed by atoms with Crippen molar-refractivity contribution in [1.29, 1.82) is 0 Å². The van der Waals surface area contributed by atoms with Crippen molar-refractivity contribution >= 4 is 0 Å². The van der Waals surface area contributed by atoms with Crippen LogP contribution in [-0.4, -0.2) is 4.57 Å². The van der Waals surface area contributed by atoms with Gasteiger partial charge in [-0.3, -0.25) is 0 Å². The predicted molar refractivity (Wildman–Crippen MR) is 119 cm³/mol. The largest absolute Gasteiger partial charge is 0.243 e. The summed E-state index contributed by atoms with van der Waals surface area (Å²) in [4.78, 5) is 0. The molecule has 0 saturated heterocycles. The molecule has 0 aliphatic heterocycles. The average molecular weight is 378 g/mol. The van der Waals surface area contributed by atoms with E-state index in [2.05, 4.69) is 41.7 Å². The molecule has 1 aromatic rings. The van der Waals surface area contributed by atoms with Crippen molar-refractivity contribution in [2.75, 3.05) is 0 Å². The second-order valence-electron chi connectivity index (χ2n) is 8.55. The van der Waals surface area contributed by atoms with Gasteiger partial charge in [-0.05, 0) is 25.7 Å². The van der Waals surface area contributed by atoms with Gasteiger partial charge in [0.05, 0.1) is 13.1 Å². The molecular formula is C25H49N2+. The molecule has 0 unspecified atom stereocenters. The summed E-state index contributed by atoms with van der Waals surface area (Å²) in [6, 6.07) is 0. The molecule has 1 aromatic heterocycles. The standard InChI is InChI=1S/C25H49N2/c1-3-5-7-9-11-13-15-17-19-21-26-23-24-27(25-26)22-20-18-16-14-12-10-8-6-4-2/h23-25H,3-22H2,1-2H3/q+1. The summed E-state index contributed by atoms with van der Waals surface area (Å²) in [6.07, 6.45) is 32.3. The number of aryl methyl sites for hydroxylation is 2. The first kappa shape index (κ1) is 24.2. The minimum atomic E-state index is 1.20. The van der Waals surface area contributed by atoms with E-state index in [0.717, 1.165) is 0 Å². The summed E-state index contributed by atoms with van der Waals surface area (Å²) in [5.74, 6) is 0. The second-order valence-corrected chi connectivity index (χ2v) is 8.55. The first-order valence-corrected chi connectivity index (χ1v) is 12.4. The number of hydrogen-bond acceptors (Lipinski definition) is 0. The predicted octanol–water partition coefficient (Wildman–Crippen LogP) is 7.84. The zero-order valence-electron chi connectivity index (χ0n) is 18.8. The molecule has 1 rings (SSSR count). The number of aromatic nitrogens is 2. The van der Waals surface area contributed by atoms with Crippen molar-refractivity contribution in [2.45, 2.75) is 143 Å². The lowest BCUT2D eigenvalue weighted by Gasteiger charge is -2.01. The van der Waals surface area contributed by atoms with Gasteiger partial charge in [-0.15, -0.1) is 0 Å². The van der Waals surface area contributed by atoms with E-state index in [4.69, 9.17) is 0 Å². The fraction of sp³-hybridized carbons (Fsp3) is 0.880. The van der Waals surface area contributed by atoms with E-state index in [0.29, 0.717) is 0 Å². The molecule has 158 valence electrons. The fourth-order valence-electron chi connectivity index (χ4n) is 3.91. The zero-order valence-corrected chi connectivity index (χ0v) is 18.8. The Labute approximate surface area is 170 Å². The molecule has 0 radical (unpaired) electrons. The van der Waals surface area contributed by atoms with E-state index in [1.54, 1.807) is 0 Å². The lowest BCUT2D eigenvalue weighted by Crippen LogP contribution is -2.30. The third-order valence-electron chi connectivity index (χ3n) is 5.79. The third-order valence-corrected chi connectivity index (χ3v) is 5.79. The van der Waals surface area contributed by atoms with Gasteiger partial charge >= 0.3 is 0 Å². The summed E-state index contributed by atoms with van der Waals surface area (Å²) in [7, 11) is 0. The highest BCUT2D eigenvalue weighted by Crippen LogP contribution is 2.11. The highest BCUT2D eigenvalue weighted by Gasteiger charge is 2.03. The Morgan fingerprint density at radius 1 is 0.556 bits per heavy atom. The van der Waals surface area contributed by atoms with E-state index in [1.165, 1.54) is 129 Å². The van der Waals surface area contributed by atoms with Gasteiger partial charge in [-0.2, -0.15) is 0 Å². The number of unbranched alkanes of at least 4 members (excludes halogenated alkanes) is 16. The van der Waals surface area contributed by atoms with Crippen LogP contribution in [0.1, 0.15) is 129 Å².